The lowest BCUT2D eigenvalue weighted by Gasteiger charge is -2.16. The predicted molar refractivity (Wildman–Crippen MR) is 117 cm³/mol. The lowest BCUT2D eigenvalue weighted by atomic mass is 10.0. The highest BCUT2D eigenvalue weighted by Crippen LogP contribution is 2.34. The van der Waals surface area contributed by atoms with Gasteiger partial charge in [0.05, 0.1) is 11.6 Å². The van der Waals surface area contributed by atoms with Gasteiger partial charge in [-0.3, -0.25) is 4.79 Å². The number of carbonyl (C=O) groups is 1. The minimum atomic E-state index is -0.124. The van der Waals surface area contributed by atoms with Crippen molar-refractivity contribution in [1.82, 2.24) is 19.9 Å². The molecule has 3 heterocycles. The quantitative estimate of drug-likeness (QED) is 0.531. The van der Waals surface area contributed by atoms with Crippen LogP contribution in [0, 0.1) is 13.8 Å². The first-order valence-electron chi connectivity index (χ1n) is 10.4. The molecule has 7 nitrogen and oxygen atoms in total. The normalized spacial score (nSPS) is 13.6. The summed E-state index contributed by atoms with van der Waals surface area (Å²) in [5.41, 5.74) is 5.78. The van der Waals surface area contributed by atoms with Crippen molar-refractivity contribution in [3.63, 3.8) is 0 Å². The van der Waals surface area contributed by atoms with Gasteiger partial charge in [-0.25, -0.2) is 9.50 Å². The van der Waals surface area contributed by atoms with E-state index in [1.165, 1.54) is 0 Å². The molecule has 0 aliphatic carbocycles. The van der Waals surface area contributed by atoms with Crippen LogP contribution in [-0.2, 0) is 11.2 Å². The fraction of sp³-hybridized carbons (Fsp3) is 0.292. The molecule has 0 spiro atoms. The molecule has 0 saturated heterocycles. The lowest BCUT2D eigenvalue weighted by molar-refractivity contribution is -0.121. The molecule has 0 unspecified atom stereocenters. The molecule has 1 aliphatic rings. The minimum Gasteiger partial charge on any atom is -0.454 e. The number of fused-ring (bicyclic) bond motifs is 4. The Morgan fingerprint density at radius 1 is 1.16 bits per heavy atom. The zero-order valence-corrected chi connectivity index (χ0v) is 17.8. The number of nitrogens with one attached hydrogen (secondary N) is 1. The second-order valence-corrected chi connectivity index (χ2v) is 7.92. The van der Waals surface area contributed by atoms with E-state index in [2.05, 4.69) is 5.32 Å². The van der Waals surface area contributed by atoms with Gasteiger partial charge in [0.1, 0.15) is 0 Å². The van der Waals surface area contributed by atoms with Gasteiger partial charge in [0.15, 0.2) is 17.1 Å². The average Bonchev–Trinajstić information content (AvgIpc) is 3.37. The van der Waals surface area contributed by atoms with Crippen LogP contribution in [0.15, 0.2) is 42.5 Å². The summed E-state index contributed by atoms with van der Waals surface area (Å²) in [6.07, 6.45) is 0.987. The third-order valence-corrected chi connectivity index (χ3v) is 5.89. The smallest absolute Gasteiger partial charge is 0.231 e. The minimum absolute atomic E-state index is 0.00492. The van der Waals surface area contributed by atoms with Crippen LogP contribution in [0.1, 0.15) is 41.9 Å². The van der Waals surface area contributed by atoms with Gasteiger partial charge in [-0.05, 0) is 62.6 Å². The summed E-state index contributed by atoms with van der Waals surface area (Å²) < 4.78 is 12.7. The molecule has 31 heavy (non-hydrogen) atoms. The highest BCUT2D eigenvalue weighted by Gasteiger charge is 2.18. The Hall–Kier alpha value is -3.61. The van der Waals surface area contributed by atoms with Gasteiger partial charge in [0.2, 0.25) is 12.7 Å². The molecule has 5 rings (SSSR count). The maximum atomic E-state index is 12.7. The van der Waals surface area contributed by atoms with Crippen LogP contribution < -0.4 is 14.8 Å². The molecule has 1 aliphatic heterocycles. The average molecular weight is 416 g/mol. The van der Waals surface area contributed by atoms with E-state index in [0.717, 1.165) is 50.6 Å². The molecule has 1 N–H and O–H groups in total. The van der Waals surface area contributed by atoms with Gasteiger partial charge in [-0.15, -0.1) is 0 Å². The number of carbonyl (C=O) groups excluding carboxylic acids is 1. The van der Waals surface area contributed by atoms with E-state index in [4.69, 9.17) is 19.6 Å². The van der Waals surface area contributed by atoms with Gasteiger partial charge in [0.25, 0.3) is 0 Å². The first kappa shape index (κ1) is 19.4. The van der Waals surface area contributed by atoms with Crippen LogP contribution in [0.5, 0.6) is 11.5 Å². The molecular formula is C24H24N4O3. The Labute approximate surface area is 180 Å². The van der Waals surface area contributed by atoms with Crippen LogP contribution in [0.2, 0.25) is 0 Å². The number of nitrogens with zero attached hydrogens (tertiary/aromatic N) is 3. The van der Waals surface area contributed by atoms with Crippen LogP contribution in [0.4, 0.5) is 0 Å². The zero-order valence-electron chi connectivity index (χ0n) is 17.8. The van der Waals surface area contributed by atoms with Gasteiger partial charge in [-0.1, -0.05) is 18.2 Å². The van der Waals surface area contributed by atoms with Crippen molar-refractivity contribution in [2.24, 2.45) is 0 Å². The number of benzene rings is 2. The molecule has 0 bridgehead atoms. The van der Waals surface area contributed by atoms with Crippen LogP contribution in [0.25, 0.3) is 16.6 Å². The summed E-state index contributed by atoms with van der Waals surface area (Å²) in [6.45, 7) is 6.24. The first-order chi connectivity index (χ1) is 15.0. The highest BCUT2D eigenvalue weighted by atomic mass is 16.7. The Kier molecular flexibility index (Phi) is 4.73. The third kappa shape index (κ3) is 3.46. The first-order valence-corrected chi connectivity index (χ1v) is 10.4. The molecule has 2 aromatic heterocycles. The summed E-state index contributed by atoms with van der Waals surface area (Å²) in [4.78, 5) is 17.4. The van der Waals surface area contributed by atoms with E-state index >= 15 is 0 Å². The zero-order chi connectivity index (χ0) is 21.5. The molecule has 158 valence electrons. The molecule has 4 aromatic rings. The second kappa shape index (κ2) is 7.58. The van der Waals surface area contributed by atoms with Crippen molar-refractivity contribution in [3.05, 3.63) is 65.0 Å². The third-order valence-electron chi connectivity index (χ3n) is 5.89. The van der Waals surface area contributed by atoms with Crippen molar-refractivity contribution >= 4 is 22.5 Å². The molecule has 1 amide bonds. The standard InChI is InChI=1S/C24H24N4O3/c1-14(17-8-10-21-22(12-17)31-13-30-21)25-23(29)11-9-18-15(2)26-24-19-6-4-5-7-20(19)27-28(24)16(18)3/h4-8,10,12,14H,9,11,13H2,1-3H3,(H,25,29)/t14-/m0/s1. The van der Waals surface area contributed by atoms with E-state index in [9.17, 15) is 4.79 Å². The fourth-order valence-corrected chi connectivity index (χ4v) is 4.16. The molecule has 1 atom stereocenters. The Morgan fingerprint density at radius 3 is 2.84 bits per heavy atom. The summed E-state index contributed by atoms with van der Waals surface area (Å²) in [6, 6.07) is 13.6. The molecule has 7 heteroatoms. The largest absolute Gasteiger partial charge is 0.454 e. The number of rotatable bonds is 5. The highest BCUT2D eigenvalue weighted by molar-refractivity contribution is 5.92. The van der Waals surface area contributed by atoms with E-state index in [0.29, 0.717) is 12.8 Å². The number of hydrogen-bond donors (Lipinski definition) is 1. The monoisotopic (exact) mass is 416 g/mol. The Morgan fingerprint density at radius 2 is 1.97 bits per heavy atom. The van der Waals surface area contributed by atoms with Gasteiger partial charge in [-0.2, -0.15) is 5.10 Å². The van der Waals surface area contributed by atoms with Crippen molar-refractivity contribution in [3.8, 4) is 11.5 Å². The molecule has 0 radical (unpaired) electrons. The number of amides is 1. The number of hydrogen-bond acceptors (Lipinski definition) is 5. The van der Waals surface area contributed by atoms with Gasteiger partial charge in [0, 0.05) is 23.2 Å². The summed E-state index contributed by atoms with van der Waals surface area (Å²) in [5, 5.41) is 8.81. The van der Waals surface area contributed by atoms with Crippen molar-refractivity contribution in [2.75, 3.05) is 6.79 Å². The van der Waals surface area contributed by atoms with E-state index in [1.54, 1.807) is 0 Å². The van der Waals surface area contributed by atoms with Gasteiger partial charge < -0.3 is 14.8 Å². The van der Waals surface area contributed by atoms with Crippen LogP contribution >= 0.6 is 0 Å². The maximum absolute atomic E-state index is 12.7. The maximum Gasteiger partial charge on any atom is 0.231 e. The van der Waals surface area contributed by atoms with Crippen molar-refractivity contribution in [1.29, 1.82) is 0 Å². The summed E-state index contributed by atoms with van der Waals surface area (Å²) in [5.74, 6) is 1.45. The summed E-state index contributed by atoms with van der Waals surface area (Å²) in [7, 11) is 0. The van der Waals surface area contributed by atoms with Crippen molar-refractivity contribution in [2.45, 2.75) is 39.7 Å². The number of ether oxygens (including phenoxy) is 2. The Bertz CT molecular complexity index is 1310. The topological polar surface area (TPSA) is 77.8 Å². The number of aromatic nitrogens is 3. The number of aryl methyl sites for hydroxylation is 2. The summed E-state index contributed by atoms with van der Waals surface area (Å²) >= 11 is 0. The fourth-order valence-electron chi connectivity index (χ4n) is 4.16. The Balaban J connectivity index is 1.31. The molecule has 0 saturated carbocycles. The van der Waals surface area contributed by atoms with E-state index in [-0.39, 0.29) is 18.7 Å². The van der Waals surface area contributed by atoms with E-state index in [1.807, 2.05) is 67.8 Å². The molecule has 2 aromatic carbocycles. The van der Waals surface area contributed by atoms with Gasteiger partial charge >= 0.3 is 0 Å². The lowest BCUT2D eigenvalue weighted by Crippen LogP contribution is -2.27. The molecule has 0 fully saturated rings. The predicted octanol–water partition coefficient (Wildman–Crippen LogP) is 4.04. The molecular weight excluding hydrogens is 392 g/mol. The van der Waals surface area contributed by atoms with E-state index < -0.39 is 0 Å². The van der Waals surface area contributed by atoms with Crippen molar-refractivity contribution < 1.29 is 14.3 Å². The van der Waals surface area contributed by atoms with Crippen LogP contribution in [0.3, 0.4) is 0 Å². The SMILES string of the molecule is Cc1nc2c3ccccc3nn2c(C)c1CCC(=O)N[C@@H](C)c1ccc2c(c1)OCO2. The second-order valence-electron chi connectivity index (χ2n) is 7.92. The van der Waals surface area contributed by atoms with Crippen LogP contribution in [-0.4, -0.2) is 27.3 Å².